The molecule has 0 saturated heterocycles. The van der Waals surface area contributed by atoms with Gasteiger partial charge in [0.1, 0.15) is 5.82 Å². The maximum atomic E-state index is 12.1. The van der Waals surface area contributed by atoms with Crippen LogP contribution in [0.4, 0.5) is 5.82 Å². The summed E-state index contributed by atoms with van der Waals surface area (Å²) in [7, 11) is -3.45. The number of anilines is 1. The number of aryl methyl sites for hydroxylation is 2. The zero-order chi connectivity index (χ0) is 15.3. The number of hydrogen-bond acceptors (Lipinski definition) is 4. The topological polar surface area (TPSA) is 71.1 Å². The van der Waals surface area contributed by atoms with Gasteiger partial charge in [-0.15, -0.1) is 0 Å². The van der Waals surface area contributed by atoms with Crippen LogP contribution in [0.25, 0.3) is 0 Å². The van der Waals surface area contributed by atoms with Crippen LogP contribution in [0.5, 0.6) is 0 Å². The average molecular weight is 305 g/mol. The monoisotopic (exact) mass is 305 g/mol. The predicted octanol–water partition coefficient (Wildman–Crippen LogP) is 2.09. The Morgan fingerprint density at radius 2 is 1.71 bits per heavy atom. The summed E-state index contributed by atoms with van der Waals surface area (Å²) < 4.78 is 26.7. The van der Waals surface area contributed by atoms with Gasteiger partial charge in [0.15, 0.2) is 0 Å². The van der Waals surface area contributed by atoms with Gasteiger partial charge in [-0.2, -0.15) is 0 Å². The molecule has 1 heterocycles. The van der Waals surface area contributed by atoms with Crippen LogP contribution in [-0.4, -0.2) is 26.5 Å². The van der Waals surface area contributed by atoms with Gasteiger partial charge in [-0.3, -0.25) is 0 Å². The standard InChI is InChI=1S/C15H19N3O2S/c1-12-6-8-14(9-7-12)21(19,20)17-11-10-16-15-5-3-4-13(2)18-15/h3-9,17H,10-11H2,1-2H3,(H,16,18). The smallest absolute Gasteiger partial charge is 0.240 e. The molecule has 0 unspecified atom stereocenters. The number of nitrogens with one attached hydrogen (secondary N) is 2. The summed E-state index contributed by atoms with van der Waals surface area (Å²) in [5, 5.41) is 3.08. The third-order valence-electron chi connectivity index (χ3n) is 2.94. The number of nitrogens with zero attached hydrogens (tertiary/aromatic N) is 1. The van der Waals surface area contributed by atoms with E-state index in [1.165, 1.54) is 0 Å². The fraction of sp³-hybridized carbons (Fsp3) is 0.267. The van der Waals surface area contributed by atoms with Crippen molar-refractivity contribution in [2.75, 3.05) is 18.4 Å². The Labute approximate surface area is 125 Å². The van der Waals surface area contributed by atoms with Gasteiger partial charge in [-0.1, -0.05) is 23.8 Å². The van der Waals surface area contributed by atoms with E-state index in [2.05, 4.69) is 15.0 Å². The first-order valence-electron chi connectivity index (χ1n) is 6.71. The van der Waals surface area contributed by atoms with Crippen molar-refractivity contribution < 1.29 is 8.42 Å². The molecule has 0 aliphatic heterocycles. The molecule has 1 aromatic carbocycles. The quantitative estimate of drug-likeness (QED) is 0.802. The highest BCUT2D eigenvalue weighted by atomic mass is 32.2. The molecule has 0 fully saturated rings. The molecular formula is C15H19N3O2S. The Bertz CT molecular complexity index is 697. The number of hydrogen-bond donors (Lipinski definition) is 2. The van der Waals surface area contributed by atoms with Gasteiger partial charge >= 0.3 is 0 Å². The van der Waals surface area contributed by atoms with Gasteiger partial charge in [0.2, 0.25) is 10.0 Å². The summed E-state index contributed by atoms with van der Waals surface area (Å²) in [6, 6.07) is 12.4. The zero-order valence-corrected chi connectivity index (χ0v) is 12.9. The van der Waals surface area contributed by atoms with Crippen molar-refractivity contribution in [1.29, 1.82) is 0 Å². The highest BCUT2D eigenvalue weighted by molar-refractivity contribution is 7.89. The minimum absolute atomic E-state index is 0.279. The molecule has 0 saturated carbocycles. The molecule has 0 amide bonds. The molecule has 0 radical (unpaired) electrons. The number of sulfonamides is 1. The number of pyridine rings is 1. The van der Waals surface area contributed by atoms with Gasteiger partial charge in [0, 0.05) is 18.8 Å². The van der Waals surface area contributed by atoms with Crippen LogP contribution in [0.15, 0.2) is 47.4 Å². The number of aromatic nitrogens is 1. The molecule has 0 spiro atoms. The lowest BCUT2D eigenvalue weighted by Crippen LogP contribution is -2.29. The first kappa shape index (κ1) is 15.5. The Balaban J connectivity index is 1.86. The van der Waals surface area contributed by atoms with Crippen LogP contribution in [0.2, 0.25) is 0 Å². The van der Waals surface area contributed by atoms with Gasteiger partial charge in [0.25, 0.3) is 0 Å². The highest BCUT2D eigenvalue weighted by Crippen LogP contribution is 2.09. The van der Waals surface area contributed by atoms with Crippen molar-refractivity contribution >= 4 is 15.8 Å². The third kappa shape index (κ3) is 4.54. The van der Waals surface area contributed by atoms with E-state index in [1.54, 1.807) is 24.3 Å². The normalized spacial score (nSPS) is 11.3. The van der Waals surface area contributed by atoms with E-state index < -0.39 is 10.0 Å². The van der Waals surface area contributed by atoms with E-state index >= 15 is 0 Å². The molecule has 6 heteroatoms. The molecule has 2 N–H and O–H groups in total. The molecule has 0 bridgehead atoms. The highest BCUT2D eigenvalue weighted by Gasteiger charge is 2.12. The summed E-state index contributed by atoms with van der Waals surface area (Å²) in [4.78, 5) is 4.57. The molecule has 2 rings (SSSR count). The second-order valence-corrected chi connectivity index (χ2v) is 6.57. The van der Waals surface area contributed by atoms with Crippen molar-refractivity contribution in [1.82, 2.24) is 9.71 Å². The molecule has 2 aromatic rings. The van der Waals surface area contributed by atoms with Crippen LogP contribution >= 0.6 is 0 Å². The predicted molar refractivity (Wildman–Crippen MR) is 83.8 cm³/mol. The zero-order valence-electron chi connectivity index (χ0n) is 12.1. The Kier molecular flexibility index (Phi) is 4.93. The van der Waals surface area contributed by atoms with Crippen LogP contribution in [0, 0.1) is 13.8 Å². The van der Waals surface area contributed by atoms with Gasteiger partial charge in [-0.05, 0) is 38.1 Å². The lowest BCUT2D eigenvalue weighted by molar-refractivity contribution is 0.583. The second kappa shape index (κ2) is 6.69. The molecule has 21 heavy (non-hydrogen) atoms. The Hall–Kier alpha value is -1.92. The summed E-state index contributed by atoms with van der Waals surface area (Å²) in [5.74, 6) is 0.740. The van der Waals surface area contributed by atoms with E-state index in [0.29, 0.717) is 13.1 Å². The molecule has 0 aliphatic carbocycles. The minimum Gasteiger partial charge on any atom is -0.369 e. The van der Waals surface area contributed by atoms with Crippen LogP contribution < -0.4 is 10.0 Å². The van der Waals surface area contributed by atoms with Gasteiger partial charge in [-0.25, -0.2) is 18.1 Å². The average Bonchev–Trinajstić information content (AvgIpc) is 2.44. The van der Waals surface area contributed by atoms with Crippen molar-refractivity contribution in [2.45, 2.75) is 18.7 Å². The van der Waals surface area contributed by atoms with E-state index in [-0.39, 0.29) is 4.90 Å². The van der Waals surface area contributed by atoms with Crippen LogP contribution in [0.3, 0.4) is 0 Å². The largest absolute Gasteiger partial charge is 0.369 e. The molecule has 0 atom stereocenters. The molecule has 0 aliphatic rings. The molecule has 112 valence electrons. The number of rotatable bonds is 6. The molecule has 1 aromatic heterocycles. The van der Waals surface area contributed by atoms with E-state index in [4.69, 9.17) is 0 Å². The van der Waals surface area contributed by atoms with Crippen molar-refractivity contribution in [3.05, 3.63) is 53.7 Å². The molecular weight excluding hydrogens is 286 g/mol. The lowest BCUT2D eigenvalue weighted by Gasteiger charge is -2.09. The fourth-order valence-corrected chi connectivity index (χ4v) is 2.85. The van der Waals surface area contributed by atoms with Crippen LogP contribution in [0.1, 0.15) is 11.3 Å². The minimum atomic E-state index is -3.45. The summed E-state index contributed by atoms with van der Waals surface area (Å²) in [6.45, 7) is 4.60. The number of benzene rings is 1. The second-order valence-electron chi connectivity index (χ2n) is 4.80. The first-order chi connectivity index (χ1) is 9.97. The lowest BCUT2D eigenvalue weighted by atomic mass is 10.2. The Morgan fingerprint density at radius 1 is 1.00 bits per heavy atom. The van der Waals surface area contributed by atoms with Crippen molar-refractivity contribution in [3.63, 3.8) is 0 Å². The summed E-state index contributed by atoms with van der Waals surface area (Å²) in [6.07, 6.45) is 0. The van der Waals surface area contributed by atoms with Crippen molar-refractivity contribution in [2.24, 2.45) is 0 Å². The fourth-order valence-electron chi connectivity index (χ4n) is 1.82. The maximum Gasteiger partial charge on any atom is 0.240 e. The van der Waals surface area contributed by atoms with E-state index in [0.717, 1.165) is 17.1 Å². The molecule has 5 nitrogen and oxygen atoms in total. The summed E-state index contributed by atoms with van der Waals surface area (Å²) >= 11 is 0. The maximum absolute atomic E-state index is 12.1. The SMILES string of the molecule is Cc1ccc(S(=O)(=O)NCCNc2cccc(C)n2)cc1. The van der Waals surface area contributed by atoms with Crippen LogP contribution in [-0.2, 0) is 10.0 Å². The van der Waals surface area contributed by atoms with Crippen molar-refractivity contribution in [3.8, 4) is 0 Å². The van der Waals surface area contributed by atoms with E-state index in [1.807, 2.05) is 32.0 Å². The van der Waals surface area contributed by atoms with E-state index in [9.17, 15) is 8.42 Å². The van der Waals surface area contributed by atoms with Gasteiger partial charge < -0.3 is 5.32 Å². The van der Waals surface area contributed by atoms with Gasteiger partial charge in [0.05, 0.1) is 4.90 Å². The third-order valence-corrected chi connectivity index (χ3v) is 4.42. The Morgan fingerprint density at radius 3 is 2.38 bits per heavy atom. The summed E-state index contributed by atoms with van der Waals surface area (Å²) in [5.41, 5.74) is 1.95. The first-order valence-corrected chi connectivity index (χ1v) is 8.19.